The Morgan fingerprint density at radius 1 is 1.12 bits per heavy atom. The van der Waals surface area contributed by atoms with E-state index in [0.717, 1.165) is 32.7 Å². The van der Waals surface area contributed by atoms with Gasteiger partial charge in [0.25, 0.3) is 5.56 Å². The highest BCUT2D eigenvalue weighted by Crippen LogP contribution is 2.20. The average molecular weight is 356 g/mol. The molecule has 26 heavy (non-hydrogen) atoms. The van der Waals surface area contributed by atoms with Gasteiger partial charge in [0, 0.05) is 32.2 Å². The molecule has 1 saturated heterocycles. The summed E-state index contributed by atoms with van der Waals surface area (Å²) in [5, 5.41) is 4.35. The van der Waals surface area contributed by atoms with E-state index in [1.807, 2.05) is 23.1 Å². The molecule has 0 spiro atoms. The highest BCUT2D eigenvalue weighted by atomic mass is 16.5. The van der Waals surface area contributed by atoms with Crippen molar-refractivity contribution < 1.29 is 9.53 Å². The summed E-state index contributed by atoms with van der Waals surface area (Å²) < 4.78 is 6.43. The first-order valence-corrected chi connectivity index (χ1v) is 8.98. The Balaban J connectivity index is 2.02. The fourth-order valence-corrected chi connectivity index (χ4v) is 3.09. The second-order valence-corrected chi connectivity index (χ2v) is 6.11. The summed E-state index contributed by atoms with van der Waals surface area (Å²) in [6.07, 6.45) is 0. The minimum absolute atomic E-state index is 0.181. The van der Waals surface area contributed by atoms with E-state index >= 15 is 0 Å². The van der Waals surface area contributed by atoms with Crippen LogP contribution in [0, 0.1) is 0 Å². The molecule has 7 heteroatoms. The van der Waals surface area contributed by atoms with Crippen molar-refractivity contribution >= 4 is 11.7 Å². The smallest absolute Gasteiger partial charge is 0.360 e. The van der Waals surface area contributed by atoms with Gasteiger partial charge < -0.3 is 14.5 Å². The van der Waals surface area contributed by atoms with Crippen LogP contribution in [-0.4, -0.2) is 60.0 Å². The Labute approximate surface area is 152 Å². The topological polar surface area (TPSA) is 67.7 Å². The first-order chi connectivity index (χ1) is 12.6. The average Bonchev–Trinajstić information content (AvgIpc) is 2.68. The molecule has 0 aliphatic carbocycles. The van der Waals surface area contributed by atoms with Gasteiger partial charge in [0.1, 0.15) is 0 Å². The lowest BCUT2D eigenvalue weighted by Gasteiger charge is -2.35. The molecule has 138 valence electrons. The van der Waals surface area contributed by atoms with Crippen molar-refractivity contribution in [1.29, 1.82) is 0 Å². The zero-order chi connectivity index (χ0) is 18.5. The number of aromatic nitrogens is 2. The summed E-state index contributed by atoms with van der Waals surface area (Å²) >= 11 is 0. The van der Waals surface area contributed by atoms with Gasteiger partial charge in [-0.05, 0) is 25.6 Å². The van der Waals surface area contributed by atoms with Crippen molar-refractivity contribution in [3.8, 4) is 5.69 Å². The van der Waals surface area contributed by atoms with Crippen LogP contribution in [0.25, 0.3) is 5.69 Å². The standard InChI is InChI=1S/C19H24N4O3/c1-3-21-10-12-22(13-11-21)16-14-17(24)23(15-8-6-5-7-9-15)20-18(16)19(25)26-4-2/h5-9,14H,3-4,10-13H2,1-2H3. The van der Waals surface area contributed by atoms with Gasteiger partial charge in [-0.2, -0.15) is 9.78 Å². The lowest BCUT2D eigenvalue weighted by Crippen LogP contribution is -2.47. The van der Waals surface area contributed by atoms with E-state index in [1.165, 1.54) is 10.7 Å². The molecule has 7 nitrogen and oxygen atoms in total. The molecular formula is C19H24N4O3. The Bertz CT molecular complexity index is 811. The second-order valence-electron chi connectivity index (χ2n) is 6.11. The van der Waals surface area contributed by atoms with E-state index < -0.39 is 5.97 Å². The highest BCUT2D eigenvalue weighted by Gasteiger charge is 2.25. The summed E-state index contributed by atoms with van der Waals surface area (Å²) in [5.41, 5.74) is 1.08. The van der Waals surface area contributed by atoms with Gasteiger partial charge in [0.2, 0.25) is 0 Å². The maximum atomic E-state index is 12.6. The summed E-state index contributed by atoms with van der Waals surface area (Å²) in [5.74, 6) is -0.509. The van der Waals surface area contributed by atoms with Crippen molar-refractivity contribution in [3.05, 3.63) is 52.4 Å². The number of hydrogen-bond acceptors (Lipinski definition) is 6. The number of ether oxygens (including phenoxy) is 1. The molecule has 0 unspecified atom stereocenters. The van der Waals surface area contributed by atoms with Gasteiger partial charge in [-0.1, -0.05) is 25.1 Å². The van der Waals surface area contributed by atoms with Gasteiger partial charge in [-0.3, -0.25) is 4.79 Å². The Morgan fingerprint density at radius 3 is 2.42 bits per heavy atom. The van der Waals surface area contributed by atoms with E-state index in [-0.39, 0.29) is 17.9 Å². The minimum Gasteiger partial charge on any atom is -0.461 e. The largest absolute Gasteiger partial charge is 0.461 e. The molecule has 0 radical (unpaired) electrons. The molecule has 0 saturated carbocycles. The number of esters is 1. The third-order valence-electron chi connectivity index (χ3n) is 4.54. The lowest BCUT2D eigenvalue weighted by molar-refractivity contribution is 0.0517. The Kier molecular flexibility index (Phi) is 5.68. The number of para-hydroxylation sites is 1. The molecule has 2 aromatic rings. The Morgan fingerprint density at radius 2 is 1.81 bits per heavy atom. The molecule has 3 rings (SSSR count). The van der Waals surface area contributed by atoms with Crippen LogP contribution >= 0.6 is 0 Å². The first-order valence-electron chi connectivity index (χ1n) is 8.98. The molecule has 1 aromatic carbocycles. The van der Waals surface area contributed by atoms with E-state index in [1.54, 1.807) is 19.1 Å². The number of carbonyl (C=O) groups excluding carboxylic acids is 1. The van der Waals surface area contributed by atoms with Crippen molar-refractivity contribution in [2.75, 3.05) is 44.2 Å². The van der Waals surface area contributed by atoms with Crippen LogP contribution in [0.1, 0.15) is 24.3 Å². The van der Waals surface area contributed by atoms with Crippen LogP contribution < -0.4 is 10.5 Å². The molecule has 0 bridgehead atoms. The number of nitrogens with zero attached hydrogens (tertiary/aromatic N) is 4. The van der Waals surface area contributed by atoms with E-state index in [0.29, 0.717) is 11.4 Å². The molecule has 0 atom stereocenters. The summed E-state index contributed by atoms with van der Waals surface area (Å²) in [6.45, 7) is 8.40. The van der Waals surface area contributed by atoms with E-state index in [4.69, 9.17) is 4.74 Å². The van der Waals surface area contributed by atoms with Gasteiger partial charge in [0.15, 0.2) is 5.69 Å². The lowest BCUT2D eigenvalue weighted by atomic mass is 10.2. The normalized spacial score (nSPS) is 15.1. The molecule has 1 aliphatic heterocycles. The molecule has 2 heterocycles. The van der Waals surface area contributed by atoms with E-state index in [2.05, 4.69) is 16.9 Å². The highest BCUT2D eigenvalue weighted by molar-refractivity contribution is 5.93. The zero-order valence-corrected chi connectivity index (χ0v) is 15.2. The van der Waals surface area contributed by atoms with Crippen LogP contribution in [0.15, 0.2) is 41.2 Å². The van der Waals surface area contributed by atoms with Gasteiger partial charge in [-0.25, -0.2) is 4.79 Å². The number of likely N-dealkylation sites (N-methyl/N-ethyl adjacent to an activating group) is 1. The predicted molar refractivity (Wildman–Crippen MR) is 100 cm³/mol. The van der Waals surface area contributed by atoms with Crippen LogP contribution in [0.4, 0.5) is 5.69 Å². The predicted octanol–water partition coefficient (Wildman–Crippen LogP) is 1.55. The number of benzene rings is 1. The summed E-state index contributed by atoms with van der Waals surface area (Å²) in [7, 11) is 0. The summed E-state index contributed by atoms with van der Waals surface area (Å²) in [4.78, 5) is 29.5. The van der Waals surface area contributed by atoms with Crippen molar-refractivity contribution in [3.63, 3.8) is 0 Å². The van der Waals surface area contributed by atoms with Crippen LogP contribution in [-0.2, 0) is 4.74 Å². The maximum absolute atomic E-state index is 12.6. The maximum Gasteiger partial charge on any atom is 0.360 e. The van der Waals surface area contributed by atoms with Gasteiger partial charge in [-0.15, -0.1) is 0 Å². The quantitative estimate of drug-likeness (QED) is 0.758. The number of rotatable bonds is 5. The number of hydrogen-bond donors (Lipinski definition) is 0. The molecule has 0 amide bonds. The molecule has 1 aliphatic rings. The first kappa shape index (κ1) is 18.1. The molecule has 1 fully saturated rings. The molecule has 1 aromatic heterocycles. The molecular weight excluding hydrogens is 332 g/mol. The van der Waals surface area contributed by atoms with Gasteiger partial charge in [0.05, 0.1) is 18.0 Å². The van der Waals surface area contributed by atoms with Crippen LogP contribution in [0.5, 0.6) is 0 Å². The van der Waals surface area contributed by atoms with Crippen LogP contribution in [0.2, 0.25) is 0 Å². The van der Waals surface area contributed by atoms with Crippen LogP contribution in [0.3, 0.4) is 0 Å². The van der Waals surface area contributed by atoms with Gasteiger partial charge >= 0.3 is 5.97 Å². The fourth-order valence-electron chi connectivity index (χ4n) is 3.09. The molecule has 0 N–H and O–H groups in total. The van der Waals surface area contributed by atoms with E-state index in [9.17, 15) is 9.59 Å². The number of piperazine rings is 1. The Hall–Kier alpha value is -2.67. The monoisotopic (exact) mass is 356 g/mol. The van der Waals surface area contributed by atoms with Crippen molar-refractivity contribution in [2.24, 2.45) is 0 Å². The summed E-state index contributed by atoms with van der Waals surface area (Å²) in [6, 6.07) is 10.6. The number of carbonyl (C=O) groups is 1. The zero-order valence-electron chi connectivity index (χ0n) is 15.2. The third-order valence-corrected chi connectivity index (χ3v) is 4.54. The fraction of sp³-hybridized carbons (Fsp3) is 0.421. The number of anilines is 1. The second kappa shape index (κ2) is 8.14. The third kappa shape index (κ3) is 3.77. The van der Waals surface area contributed by atoms with Crippen molar-refractivity contribution in [2.45, 2.75) is 13.8 Å². The van der Waals surface area contributed by atoms with Crippen molar-refractivity contribution in [1.82, 2.24) is 14.7 Å². The minimum atomic E-state index is -0.509. The SMILES string of the molecule is CCOC(=O)c1nn(-c2ccccc2)c(=O)cc1N1CCN(CC)CC1.